The number of benzene rings is 3. The predicted octanol–water partition coefficient (Wildman–Crippen LogP) is 4.85. The second kappa shape index (κ2) is 11.5. The zero-order valence-corrected chi connectivity index (χ0v) is 20.7. The molecule has 0 bridgehead atoms. The van der Waals surface area contributed by atoms with Crippen molar-refractivity contribution in [1.82, 2.24) is 0 Å². The van der Waals surface area contributed by atoms with Gasteiger partial charge in [0.25, 0.3) is 11.8 Å². The quantitative estimate of drug-likeness (QED) is 0.409. The lowest BCUT2D eigenvalue weighted by Crippen LogP contribution is -2.39. The first-order chi connectivity index (χ1) is 17.5. The first-order valence-corrected chi connectivity index (χ1v) is 11.8. The highest BCUT2D eigenvalue weighted by Crippen LogP contribution is 2.35. The number of methoxy groups -OCH3 is 2. The second-order valence-electron chi connectivity index (χ2n) is 8.41. The number of anilines is 2. The van der Waals surface area contributed by atoms with Gasteiger partial charge in [-0.05, 0) is 73.9 Å². The molecule has 0 radical (unpaired) electrons. The molecule has 0 unspecified atom stereocenters. The van der Waals surface area contributed by atoms with Crippen molar-refractivity contribution in [2.45, 2.75) is 19.8 Å². The van der Waals surface area contributed by atoms with Gasteiger partial charge in [-0.25, -0.2) is 0 Å². The van der Waals surface area contributed by atoms with E-state index in [4.69, 9.17) is 18.9 Å². The molecule has 188 valence electrons. The minimum atomic E-state index is -0.307. The van der Waals surface area contributed by atoms with Crippen LogP contribution in [-0.2, 0) is 4.79 Å². The zero-order chi connectivity index (χ0) is 25.5. The minimum absolute atomic E-state index is 0.00978. The van der Waals surface area contributed by atoms with E-state index in [1.165, 1.54) is 14.2 Å². The molecule has 0 saturated heterocycles. The fourth-order valence-electron chi connectivity index (χ4n) is 3.97. The number of unbranched alkanes of at least 4 members (excludes halogenated alkanes) is 1. The molecule has 36 heavy (non-hydrogen) atoms. The highest BCUT2D eigenvalue weighted by Gasteiger charge is 2.25. The number of nitrogens with zero attached hydrogens (tertiary/aromatic N) is 1. The predicted molar refractivity (Wildman–Crippen MR) is 138 cm³/mol. The van der Waals surface area contributed by atoms with E-state index in [-0.39, 0.29) is 18.4 Å². The Labute approximate surface area is 210 Å². The molecular formula is C28H30N2O6. The number of amides is 2. The van der Waals surface area contributed by atoms with Crippen molar-refractivity contribution in [2.75, 3.05) is 44.2 Å². The molecule has 0 saturated carbocycles. The number of ether oxygens (including phenoxy) is 4. The molecule has 0 aromatic heterocycles. The van der Waals surface area contributed by atoms with Crippen LogP contribution in [0.4, 0.5) is 11.4 Å². The molecule has 1 aliphatic rings. The van der Waals surface area contributed by atoms with Crippen LogP contribution >= 0.6 is 0 Å². The average Bonchev–Trinajstić information content (AvgIpc) is 2.89. The monoisotopic (exact) mass is 490 g/mol. The van der Waals surface area contributed by atoms with Crippen molar-refractivity contribution < 1.29 is 28.5 Å². The third-order valence-electron chi connectivity index (χ3n) is 5.84. The Hall–Kier alpha value is -4.20. The van der Waals surface area contributed by atoms with Crippen molar-refractivity contribution >= 4 is 23.2 Å². The summed E-state index contributed by atoms with van der Waals surface area (Å²) in [5.74, 6) is 2.03. The van der Waals surface area contributed by atoms with Crippen LogP contribution in [0.3, 0.4) is 0 Å². The van der Waals surface area contributed by atoms with Gasteiger partial charge in [0.05, 0.1) is 26.5 Å². The summed E-state index contributed by atoms with van der Waals surface area (Å²) < 4.78 is 21.9. The van der Waals surface area contributed by atoms with Gasteiger partial charge in [-0.1, -0.05) is 12.1 Å². The van der Waals surface area contributed by atoms with Crippen molar-refractivity contribution in [3.63, 3.8) is 0 Å². The molecule has 8 nitrogen and oxygen atoms in total. The molecule has 0 spiro atoms. The fraction of sp³-hybridized carbons (Fsp3) is 0.286. The molecule has 1 aliphatic heterocycles. The summed E-state index contributed by atoms with van der Waals surface area (Å²) in [5.41, 5.74) is 2.76. The lowest BCUT2D eigenvalue weighted by atomic mass is 10.1. The van der Waals surface area contributed by atoms with Crippen LogP contribution in [0.25, 0.3) is 0 Å². The van der Waals surface area contributed by atoms with E-state index in [1.54, 1.807) is 41.3 Å². The maximum atomic E-state index is 12.8. The third kappa shape index (κ3) is 5.89. The Kier molecular flexibility index (Phi) is 7.95. The molecule has 3 aromatic carbocycles. The van der Waals surface area contributed by atoms with Crippen molar-refractivity contribution in [1.29, 1.82) is 0 Å². The maximum Gasteiger partial charge on any atom is 0.265 e. The first kappa shape index (κ1) is 24.9. The van der Waals surface area contributed by atoms with Gasteiger partial charge in [0.2, 0.25) is 0 Å². The summed E-state index contributed by atoms with van der Waals surface area (Å²) in [7, 11) is 3.06. The van der Waals surface area contributed by atoms with Crippen LogP contribution in [0.5, 0.6) is 23.0 Å². The van der Waals surface area contributed by atoms with E-state index < -0.39 is 0 Å². The van der Waals surface area contributed by atoms with E-state index >= 15 is 0 Å². The molecular weight excluding hydrogens is 460 g/mol. The molecule has 3 aromatic rings. The number of nitrogens with one attached hydrogen (secondary N) is 1. The maximum absolute atomic E-state index is 12.8. The smallest absolute Gasteiger partial charge is 0.265 e. The largest absolute Gasteiger partial charge is 0.494 e. The number of aryl methyl sites for hydroxylation is 1. The van der Waals surface area contributed by atoms with Gasteiger partial charge < -0.3 is 29.2 Å². The SMILES string of the molecule is COc1ccc(C(=O)Nc2ccc3c(c2)N(CCCCOc2cccc(C)c2)C(=O)CO3)cc1OC. The second-order valence-corrected chi connectivity index (χ2v) is 8.41. The van der Waals surface area contributed by atoms with E-state index in [1.807, 2.05) is 31.2 Å². The number of rotatable bonds is 10. The Balaban J connectivity index is 1.39. The van der Waals surface area contributed by atoms with Crippen LogP contribution in [0.1, 0.15) is 28.8 Å². The van der Waals surface area contributed by atoms with Crippen LogP contribution in [0.2, 0.25) is 0 Å². The molecule has 4 rings (SSSR count). The summed E-state index contributed by atoms with van der Waals surface area (Å²) in [6, 6.07) is 18.2. The average molecular weight is 491 g/mol. The van der Waals surface area contributed by atoms with Crippen LogP contribution in [-0.4, -0.2) is 45.8 Å². The summed E-state index contributed by atoms with van der Waals surface area (Å²) in [4.78, 5) is 27.2. The highest BCUT2D eigenvalue weighted by atomic mass is 16.5. The molecule has 0 atom stereocenters. The van der Waals surface area contributed by atoms with Crippen LogP contribution in [0.15, 0.2) is 60.7 Å². The standard InChI is InChI=1S/C28H30N2O6/c1-19-7-6-8-22(15-19)35-14-5-4-13-30-23-17-21(10-12-24(23)36-18-27(30)31)29-28(32)20-9-11-25(33-2)26(16-20)34-3/h6-12,15-17H,4-5,13-14,18H2,1-3H3,(H,29,32). The van der Waals surface area contributed by atoms with Gasteiger partial charge in [-0.3, -0.25) is 9.59 Å². The number of carbonyl (C=O) groups is 2. The summed E-state index contributed by atoms with van der Waals surface area (Å²) in [6.45, 7) is 3.11. The Bertz CT molecular complexity index is 1240. The number of hydrogen-bond acceptors (Lipinski definition) is 6. The van der Waals surface area contributed by atoms with Gasteiger partial charge in [0.1, 0.15) is 11.5 Å². The van der Waals surface area contributed by atoms with Crippen molar-refractivity contribution in [3.05, 3.63) is 71.8 Å². The number of carbonyl (C=O) groups excluding carboxylic acids is 2. The van der Waals surface area contributed by atoms with Gasteiger partial charge >= 0.3 is 0 Å². The molecule has 1 heterocycles. The topological polar surface area (TPSA) is 86.3 Å². The van der Waals surface area contributed by atoms with Crippen LogP contribution in [0, 0.1) is 6.92 Å². The zero-order valence-electron chi connectivity index (χ0n) is 20.7. The van der Waals surface area contributed by atoms with Gasteiger partial charge in [-0.2, -0.15) is 0 Å². The summed E-state index contributed by atoms with van der Waals surface area (Å²) in [6.07, 6.45) is 1.56. The first-order valence-electron chi connectivity index (χ1n) is 11.8. The number of fused-ring (bicyclic) bond motifs is 1. The van der Waals surface area contributed by atoms with Gasteiger partial charge in [-0.15, -0.1) is 0 Å². The van der Waals surface area contributed by atoms with Gasteiger partial charge in [0, 0.05) is 17.8 Å². The summed E-state index contributed by atoms with van der Waals surface area (Å²) >= 11 is 0. The highest BCUT2D eigenvalue weighted by molar-refractivity contribution is 6.05. The van der Waals surface area contributed by atoms with Crippen molar-refractivity contribution in [3.8, 4) is 23.0 Å². The number of hydrogen-bond donors (Lipinski definition) is 1. The van der Waals surface area contributed by atoms with E-state index in [0.717, 1.165) is 24.2 Å². The fourth-order valence-corrected chi connectivity index (χ4v) is 3.97. The lowest BCUT2D eigenvalue weighted by molar-refractivity contribution is -0.121. The Morgan fingerprint density at radius 2 is 1.83 bits per heavy atom. The van der Waals surface area contributed by atoms with Crippen molar-refractivity contribution in [2.24, 2.45) is 0 Å². The van der Waals surface area contributed by atoms with E-state index in [2.05, 4.69) is 5.32 Å². The third-order valence-corrected chi connectivity index (χ3v) is 5.84. The Morgan fingerprint density at radius 1 is 1.00 bits per heavy atom. The Morgan fingerprint density at radius 3 is 2.61 bits per heavy atom. The minimum Gasteiger partial charge on any atom is -0.494 e. The van der Waals surface area contributed by atoms with Crippen LogP contribution < -0.4 is 29.2 Å². The molecule has 0 aliphatic carbocycles. The molecule has 1 N–H and O–H groups in total. The normalized spacial score (nSPS) is 12.4. The van der Waals surface area contributed by atoms with E-state index in [0.29, 0.717) is 47.3 Å². The van der Waals surface area contributed by atoms with E-state index in [9.17, 15) is 9.59 Å². The van der Waals surface area contributed by atoms with Gasteiger partial charge in [0.15, 0.2) is 18.1 Å². The summed E-state index contributed by atoms with van der Waals surface area (Å²) in [5, 5.41) is 2.88. The molecule has 0 fully saturated rings. The lowest BCUT2D eigenvalue weighted by Gasteiger charge is -2.30. The molecule has 2 amide bonds. The molecule has 8 heteroatoms.